The van der Waals surface area contributed by atoms with Gasteiger partial charge in [-0.05, 0) is 85.3 Å². The Morgan fingerprint density at radius 1 is 1.15 bits per heavy atom. The first-order chi connectivity index (χ1) is 15.7. The van der Waals surface area contributed by atoms with Crippen molar-refractivity contribution in [2.45, 2.75) is 57.2 Å². The van der Waals surface area contributed by atoms with Gasteiger partial charge in [-0.1, -0.05) is 24.1 Å². The van der Waals surface area contributed by atoms with E-state index >= 15 is 0 Å². The molecule has 0 spiro atoms. The van der Waals surface area contributed by atoms with E-state index in [9.17, 15) is 19.0 Å². The molecule has 0 bridgehead atoms. The number of halogens is 2. The second-order valence-electron chi connectivity index (χ2n) is 9.94. The highest BCUT2D eigenvalue weighted by molar-refractivity contribution is 6.03. The zero-order valence-corrected chi connectivity index (χ0v) is 18.5. The van der Waals surface area contributed by atoms with E-state index in [-0.39, 0.29) is 35.5 Å². The summed E-state index contributed by atoms with van der Waals surface area (Å²) in [4.78, 5) is 5.54. The number of oxime groups is 1. The lowest BCUT2D eigenvalue weighted by Gasteiger charge is -2.52. The number of aliphatic hydroxyl groups is 1. The Kier molecular flexibility index (Phi) is 5.21. The topological polar surface area (TPSA) is 62.1 Å². The molecule has 3 aliphatic carbocycles. The summed E-state index contributed by atoms with van der Waals surface area (Å²) in [5.74, 6) is 2.26. The summed E-state index contributed by atoms with van der Waals surface area (Å²) < 4.78 is 27.0. The lowest BCUT2D eigenvalue weighted by atomic mass is 9.53. The molecule has 0 aliphatic heterocycles. The van der Waals surface area contributed by atoms with Gasteiger partial charge < -0.3 is 15.1 Å². The molecule has 0 radical (unpaired) electrons. The molecule has 0 aromatic heterocycles. The van der Waals surface area contributed by atoms with Crippen LogP contribution in [0, 0.1) is 41.2 Å². The Balaban J connectivity index is 1.47. The number of phenols is 1. The smallest absolute Gasteiger partial charge is 0.142 e. The summed E-state index contributed by atoms with van der Waals surface area (Å²) in [5.41, 5.74) is 1.54. The van der Waals surface area contributed by atoms with Crippen molar-refractivity contribution in [3.63, 3.8) is 0 Å². The molecule has 2 N–H and O–H groups in total. The third-order valence-corrected chi connectivity index (χ3v) is 8.33. The van der Waals surface area contributed by atoms with Crippen LogP contribution < -0.4 is 0 Å². The fourth-order valence-electron chi connectivity index (χ4n) is 6.63. The van der Waals surface area contributed by atoms with Gasteiger partial charge in [0.15, 0.2) is 0 Å². The van der Waals surface area contributed by atoms with Crippen molar-refractivity contribution in [2.75, 3.05) is 0 Å². The molecular formula is C27H27F2NO3. The summed E-state index contributed by atoms with van der Waals surface area (Å²) in [6.45, 7) is 2.04. The number of rotatable bonds is 3. The van der Waals surface area contributed by atoms with E-state index in [0.717, 1.165) is 36.5 Å². The SMILES string of the molecule is C#C[C@]1(O)CC[C@H]2[C@@H]3CC(=NOCc4cc(F)cc(F)c4)c4cc(O)ccc4[C@H]3CC[C@@]21C. The number of hydrogen-bond donors (Lipinski definition) is 2. The fraction of sp³-hybridized carbons (Fsp3) is 0.444. The number of terminal acetylenes is 1. The molecule has 2 saturated carbocycles. The van der Waals surface area contributed by atoms with Crippen molar-refractivity contribution in [3.8, 4) is 18.1 Å². The Morgan fingerprint density at radius 3 is 2.64 bits per heavy atom. The maximum Gasteiger partial charge on any atom is 0.142 e. The molecule has 2 fully saturated rings. The van der Waals surface area contributed by atoms with Gasteiger partial charge in [0.1, 0.15) is 29.6 Å². The quantitative estimate of drug-likeness (QED) is 0.494. The van der Waals surface area contributed by atoms with Gasteiger partial charge in [-0.2, -0.15) is 0 Å². The van der Waals surface area contributed by atoms with Crippen LogP contribution in [0.1, 0.15) is 61.6 Å². The molecule has 33 heavy (non-hydrogen) atoms. The number of benzene rings is 2. The van der Waals surface area contributed by atoms with Crippen molar-refractivity contribution in [2.24, 2.45) is 22.4 Å². The molecule has 6 heteroatoms. The molecule has 0 amide bonds. The van der Waals surface area contributed by atoms with Crippen molar-refractivity contribution >= 4 is 5.71 Å². The van der Waals surface area contributed by atoms with Crippen LogP contribution in [-0.2, 0) is 11.4 Å². The zero-order chi connectivity index (χ0) is 23.4. The van der Waals surface area contributed by atoms with Crippen molar-refractivity contribution < 1.29 is 23.8 Å². The van der Waals surface area contributed by atoms with Gasteiger partial charge in [0.2, 0.25) is 0 Å². The van der Waals surface area contributed by atoms with Crippen LogP contribution in [-0.4, -0.2) is 21.5 Å². The Bertz CT molecular complexity index is 1150. The summed E-state index contributed by atoms with van der Waals surface area (Å²) in [5, 5.41) is 25.7. The van der Waals surface area contributed by atoms with Crippen LogP contribution in [0.3, 0.4) is 0 Å². The van der Waals surface area contributed by atoms with Crippen LogP contribution in [0.15, 0.2) is 41.6 Å². The van der Waals surface area contributed by atoms with Gasteiger partial charge >= 0.3 is 0 Å². The van der Waals surface area contributed by atoms with Gasteiger partial charge in [0.05, 0.1) is 5.71 Å². The predicted molar refractivity (Wildman–Crippen MR) is 120 cm³/mol. The van der Waals surface area contributed by atoms with E-state index in [1.807, 2.05) is 6.07 Å². The Morgan fingerprint density at radius 2 is 1.91 bits per heavy atom. The van der Waals surface area contributed by atoms with Crippen LogP contribution >= 0.6 is 0 Å². The van der Waals surface area contributed by atoms with E-state index in [1.54, 1.807) is 12.1 Å². The van der Waals surface area contributed by atoms with E-state index in [4.69, 9.17) is 11.3 Å². The number of fused-ring (bicyclic) bond motifs is 5. The van der Waals surface area contributed by atoms with Gasteiger partial charge in [0, 0.05) is 17.0 Å². The fourth-order valence-corrected chi connectivity index (χ4v) is 6.63. The minimum absolute atomic E-state index is 0.0710. The summed E-state index contributed by atoms with van der Waals surface area (Å²) in [6.07, 6.45) is 9.57. The third kappa shape index (κ3) is 3.50. The van der Waals surface area contributed by atoms with Crippen molar-refractivity contribution in [1.82, 2.24) is 0 Å². The Labute approximate surface area is 192 Å². The van der Waals surface area contributed by atoms with Crippen molar-refractivity contribution in [3.05, 3.63) is 64.7 Å². The average Bonchev–Trinajstić information content (AvgIpc) is 3.04. The molecular weight excluding hydrogens is 424 g/mol. The van der Waals surface area contributed by atoms with Crippen LogP contribution in [0.25, 0.3) is 0 Å². The molecule has 2 aromatic rings. The van der Waals surface area contributed by atoms with Crippen LogP contribution in [0.5, 0.6) is 5.75 Å². The largest absolute Gasteiger partial charge is 0.508 e. The normalized spacial score (nSPS) is 33.7. The first kappa shape index (κ1) is 21.9. The lowest BCUT2D eigenvalue weighted by molar-refractivity contribution is -0.0615. The van der Waals surface area contributed by atoms with E-state index in [0.29, 0.717) is 24.1 Å². The minimum Gasteiger partial charge on any atom is -0.508 e. The average molecular weight is 452 g/mol. The highest BCUT2D eigenvalue weighted by Gasteiger charge is 2.61. The van der Waals surface area contributed by atoms with Crippen LogP contribution in [0.4, 0.5) is 8.78 Å². The first-order valence-electron chi connectivity index (χ1n) is 11.4. The van der Waals surface area contributed by atoms with Gasteiger partial charge in [-0.15, -0.1) is 6.42 Å². The Hall–Kier alpha value is -2.91. The zero-order valence-electron chi connectivity index (χ0n) is 18.5. The molecule has 0 saturated heterocycles. The number of phenolic OH excluding ortho intramolecular Hbond substituents is 1. The summed E-state index contributed by atoms with van der Waals surface area (Å²) in [6, 6.07) is 8.58. The molecule has 2 aromatic carbocycles. The number of nitrogens with zero attached hydrogens (tertiary/aromatic N) is 1. The third-order valence-electron chi connectivity index (χ3n) is 8.33. The summed E-state index contributed by atoms with van der Waals surface area (Å²) >= 11 is 0. The highest BCUT2D eigenvalue weighted by atomic mass is 19.1. The maximum absolute atomic E-state index is 13.5. The number of hydrogen-bond acceptors (Lipinski definition) is 4. The van der Waals surface area contributed by atoms with Crippen molar-refractivity contribution in [1.29, 1.82) is 0 Å². The number of aromatic hydroxyl groups is 1. The second kappa shape index (κ2) is 7.85. The van der Waals surface area contributed by atoms with E-state index in [2.05, 4.69) is 18.0 Å². The van der Waals surface area contributed by atoms with E-state index in [1.165, 1.54) is 12.1 Å². The summed E-state index contributed by atoms with van der Waals surface area (Å²) in [7, 11) is 0. The lowest BCUT2D eigenvalue weighted by Crippen LogP contribution is -2.50. The predicted octanol–water partition coefficient (Wildman–Crippen LogP) is 5.27. The monoisotopic (exact) mass is 451 g/mol. The highest BCUT2D eigenvalue weighted by Crippen LogP contribution is 2.64. The standard InChI is InChI=1S/C27H27F2NO3/c1-3-27(32)9-7-24-22-14-25(30-33-15-16-10-17(28)12-18(29)11-16)23-13-19(31)4-5-20(23)21(22)6-8-26(24,27)2/h1,4-5,10-13,21-22,24,31-32H,6-9,14-15H2,2H3/t21-,22-,24+,26+,27+/m1/s1. The molecule has 4 nitrogen and oxygen atoms in total. The molecule has 0 unspecified atom stereocenters. The van der Waals surface area contributed by atoms with E-state index < -0.39 is 17.2 Å². The van der Waals surface area contributed by atoms with Gasteiger partial charge in [-0.25, -0.2) is 8.78 Å². The van der Waals surface area contributed by atoms with Crippen LogP contribution in [0.2, 0.25) is 0 Å². The molecule has 5 rings (SSSR count). The second-order valence-corrected chi connectivity index (χ2v) is 9.94. The molecule has 3 aliphatic rings. The first-order valence-corrected chi connectivity index (χ1v) is 11.4. The minimum atomic E-state index is -1.10. The molecule has 172 valence electrons. The van der Waals surface area contributed by atoms with Gasteiger partial charge in [0.25, 0.3) is 0 Å². The van der Waals surface area contributed by atoms with Gasteiger partial charge in [-0.3, -0.25) is 0 Å². The molecule has 0 heterocycles. The molecule has 5 atom stereocenters. The maximum atomic E-state index is 13.5.